The number of ether oxygens (including phenoxy) is 1. The molecule has 0 amide bonds. The zero-order chi connectivity index (χ0) is 15.4. The van der Waals surface area contributed by atoms with Crippen molar-refractivity contribution >= 4 is 17.3 Å². The Morgan fingerprint density at radius 2 is 2.05 bits per heavy atom. The summed E-state index contributed by atoms with van der Waals surface area (Å²) in [6.45, 7) is 1.77. The minimum absolute atomic E-state index is 0.275. The van der Waals surface area contributed by atoms with Crippen molar-refractivity contribution in [1.29, 1.82) is 0 Å². The van der Waals surface area contributed by atoms with E-state index in [0.29, 0.717) is 0 Å². The number of nitrogens with one attached hydrogen (secondary N) is 1. The zero-order valence-electron chi connectivity index (χ0n) is 12.6. The average molecular weight is 315 g/mol. The van der Waals surface area contributed by atoms with Gasteiger partial charge in [0, 0.05) is 23.7 Å². The molecular formula is C18H19ClN2O. The first-order valence-electron chi connectivity index (χ1n) is 7.42. The van der Waals surface area contributed by atoms with E-state index in [1.165, 1.54) is 11.1 Å². The lowest BCUT2D eigenvalue weighted by Gasteiger charge is -2.17. The number of halogens is 1. The molecule has 1 N–H and O–H groups in total. The third-order valence-electron chi connectivity index (χ3n) is 3.92. The number of hydrogen-bond donors (Lipinski definition) is 1. The molecule has 114 valence electrons. The van der Waals surface area contributed by atoms with Gasteiger partial charge in [0.25, 0.3) is 0 Å². The summed E-state index contributed by atoms with van der Waals surface area (Å²) in [6.07, 6.45) is 9.10. The first kappa shape index (κ1) is 15.1. The van der Waals surface area contributed by atoms with Crippen LogP contribution in [-0.2, 0) is 11.3 Å². The third kappa shape index (κ3) is 3.49. The fourth-order valence-corrected chi connectivity index (χ4v) is 2.78. The smallest absolute Gasteiger partial charge is 0.115 e. The number of fused-ring (bicyclic) bond motifs is 1. The number of nitrogens with zero attached hydrogens (tertiary/aromatic N) is 1. The molecule has 1 aromatic carbocycles. The van der Waals surface area contributed by atoms with E-state index in [9.17, 15) is 0 Å². The van der Waals surface area contributed by atoms with E-state index in [0.717, 1.165) is 36.0 Å². The van der Waals surface area contributed by atoms with Crippen molar-refractivity contribution in [3.63, 3.8) is 0 Å². The van der Waals surface area contributed by atoms with Gasteiger partial charge in [-0.25, -0.2) is 0 Å². The molecule has 0 bridgehead atoms. The summed E-state index contributed by atoms with van der Waals surface area (Å²) < 4.78 is 5.31. The number of rotatable bonds is 6. The summed E-state index contributed by atoms with van der Waals surface area (Å²) in [6, 6.07) is 7.93. The molecule has 1 aliphatic carbocycles. The highest BCUT2D eigenvalue weighted by Crippen LogP contribution is 2.29. The monoisotopic (exact) mass is 314 g/mol. The van der Waals surface area contributed by atoms with Crippen LogP contribution in [0.1, 0.15) is 12.0 Å². The van der Waals surface area contributed by atoms with Crippen LogP contribution >= 0.6 is 11.6 Å². The van der Waals surface area contributed by atoms with Crippen molar-refractivity contribution in [2.24, 2.45) is 10.9 Å². The second-order valence-electron chi connectivity index (χ2n) is 5.40. The van der Waals surface area contributed by atoms with Crippen LogP contribution in [0.4, 0.5) is 0 Å². The molecule has 0 unspecified atom stereocenters. The molecule has 4 heteroatoms. The maximum Gasteiger partial charge on any atom is 0.115 e. The quantitative estimate of drug-likeness (QED) is 0.809. The predicted molar refractivity (Wildman–Crippen MR) is 91.0 cm³/mol. The molecule has 22 heavy (non-hydrogen) atoms. The second kappa shape index (κ2) is 6.95. The lowest BCUT2D eigenvalue weighted by atomic mass is 9.90. The fraction of sp³-hybridized carbons (Fsp3) is 0.278. The Morgan fingerprint density at radius 3 is 2.82 bits per heavy atom. The maximum absolute atomic E-state index is 5.89. The first-order valence-corrected chi connectivity index (χ1v) is 7.80. The Hall–Kier alpha value is -1.84. The van der Waals surface area contributed by atoms with Gasteiger partial charge in [-0.2, -0.15) is 0 Å². The third-order valence-corrected chi connectivity index (χ3v) is 4.17. The summed E-state index contributed by atoms with van der Waals surface area (Å²) in [5.41, 5.74) is 3.68. The first-order chi connectivity index (χ1) is 10.8. The van der Waals surface area contributed by atoms with Gasteiger partial charge in [-0.3, -0.25) is 4.99 Å². The molecule has 0 saturated carbocycles. The van der Waals surface area contributed by atoms with Crippen LogP contribution in [0.15, 0.2) is 65.0 Å². The fourth-order valence-electron chi connectivity index (χ4n) is 2.66. The van der Waals surface area contributed by atoms with Gasteiger partial charge in [-0.05, 0) is 54.5 Å². The molecule has 0 radical (unpaired) electrons. The van der Waals surface area contributed by atoms with Gasteiger partial charge in [0.05, 0.1) is 12.8 Å². The topological polar surface area (TPSA) is 33.6 Å². The maximum atomic E-state index is 5.89. The van der Waals surface area contributed by atoms with E-state index in [1.807, 2.05) is 42.6 Å². The van der Waals surface area contributed by atoms with E-state index >= 15 is 0 Å². The van der Waals surface area contributed by atoms with E-state index in [4.69, 9.17) is 16.3 Å². The summed E-state index contributed by atoms with van der Waals surface area (Å²) >= 11 is 5.89. The Labute approximate surface area is 136 Å². The van der Waals surface area contributed by atoms with Gasteiger partial charge in [0.2, 0.25) is 0 Å². The van der Waals surface area contributed by atoms with Crippen molar-refractivity contribution in [1.82, 2.24) is 5.32 Å². The molecule has 0 saturated heterocycles. The van der Waals surface area contributed by atoms with Crippen LogP contribution in [0.3, 0.4) is 0 Å². The van der Waals surface area contributed by atoms with Gasteiger partial charge in [0.15, 0.2) is 0 Å². The van der Waals surface area contributed by atoms with E-state index in [-0.39, 0.29) is 5.92 Å². The number of allylic oxidation sites excluding steroid dienone is 3. The minimum Gasteiger partial charge on any atom is -0.497 e. The molecule has 1 aromatic rings. The summed E-state index contributed by atoms with van der Waals surface area (Å²) in [5.74, 6) is 1.18. The van der Waals surface area contributed by atoms with Crippen molar-refractivity contribution in [3.8, 4) is 0 Å². The van der Waals surface area contributed by atoms with Crippen molar-refractivity contribution in [3.05, 3.63) is 70.6 Å². The Morgan fingerprint density at radius 1 is 1.23 bits per heavy atom. The molecule has 1 atom stereocenters. The number of benzene rings is 1. The van der Waals surface area contributed by atoms with Crippen LogP contribution in [0.5, 0.6) is 0 Å². The number of methoxy groups -OCH3 is 1. The highest BCUT2D eigenvalue weighted by molar-refractivity contribution is 6.30. The minimum atomic E-state index is 0.275. The van der Waals surface area contributed by atoms with Gasteiger partial charge >= 0.3 is 0 Å². The predicted octanol–water partition coefficient (Wildman–Crippen LogP) is 3.87. The van der Waals surface area contributed by atoms with Crippen LogP contribution in [0.25, 0.3) is 0 Å². The summed E-state index contributed by atoms with van der Waals surface area (Å²) in [7, 11) is 1.70. The standard InChI is InChI=1S/C18H19ClN2O/c1-22-16-6-7-18-17(10-16)14(12-21-18)8-9-20-11-13-2-4-15(19)5-3-13/h2-7,10,12,17,20H,8-9,11H2,1H3/t17-/m1/s1. The van der Waals surface area contributed by atoms with Gasteiger partial charge in [0.1, 0.15) is 5.76 Å². The molecule has 1 heterocycles. The van der Waals surface area contributed by atoms with Gasteiger partial charge < -0.3 is 10.1 Å². The van der Waals surface area contributed by atoms with E-state index in [2.05, 4.69) is 16.4 Å². The molecule has 1 aliphatic heterocycles. The van der Waals surface area contributed by atoms with Crippen LogP contribution < -0.4 is 5.32 Å². The summed E-state index contributed by atoms with van der Waals surface area (Å²) in [4.78, 5) is 4.48. The van der Waals surface area contributed by atoms with Crippen molar-refractivity contribution in [2.45, 2.75) is 13.0 Å². The Bertz CT molecular complexity index is 656. The molecule has 3 nitrogen and oxygen atoms in total. The highest BCUT2D eigenvalue weighted by Gasteiger charge is 2.24. The summed E-state index contributed by atoms with van der Waals surface area (Å²) in [5, 5.41) is 4.24. The normalized spacial score (nSPS) is 19.4. The van der Waals surface area contributed by atoms with Crippen molar-refractivity contribution in [2.75, 3.05) is 13.7 Å². The lowest BCUT2D eigenvalue weighted by molar-refractivity contribution is 0.304. The van der Waals surface area contributed by atoms with E-state index < -0.39 is 0 Å². The van der Waals surface area contributed by atoms with E-state index in [1.54, 1.807) is 7.11 Å². The zero-order valence-corrected chi connectivity index (χ0v) is 13.3. The second-order valence-corrected chi connectivity index (χ2v) is 5.83. The molecule has 3 rings (SSSR count). The molecule has 0 fully saturated rings. The molecule has 0 spiro atoms. The van der Waals surface area contributed by atoms with Gasteiger partial charge in [-0.15, -0.1) is 0 Å². The Kier molecular flexibility index (Phi) is 4.76. The highest BCUT2D eigenvalue weighted by atomic mass is 35.5. The largest absolute Gasteiger partial charge is 0.497 e. The van der Waals surface area contributed by atoms with Crippen LogP contribution in [0.2, 0.25) is 5.02 Å². The Balaban J connectivity index is 1.48. The van der Waals surface area contributed by atoms with Crippen molar-refractivity contribution < 1.29 is 4.74 Å². The lowest BCUT2D eigenvalue weighted by Crippen LogP contribution is -2.19. The number of aliphatic imine (C=N–C) groups is 1. The molecule has 2 aliphatic rings. The van der Waals surface area contributed by atoms with Crippen LogP contribution in [0, 0.1) is 5.92 Å². The molecule has 0 aromatic heterocycles. The van der Waals surface area contributed by atoms with Gasteiger partial charge in [-0.1, -0.05) is 23.7 Å². The van der Waals surface area contributed by atoms with Crippen LogP contribution in [-0.4, -0.2) is 19.4 Å². The average Bonchev–Trinajstić information content (AvgIpc) is 2.95. The molecular weight excluding hydrogens is 296 g/mol. The number of hydrogen-bond acceptors (Lipinski definition) is 3. The SMILES string of the molecule is COC1=C[C@@H]2C(CCNCc3ccc(Cl)cc3)=CN=C2C=C1.